The SMILES string of the molecule is C[C@@]1(O)C(O)[C@@](F)(COP(=O)(O)OP(=O)(O)OP(=O)(O)O)O[C@H]1n1ccc(=S)[nH]c1=O. The zero-order valence-corrected chi connectivity index (χ0v) is 18.5. The van der Waals surface area contributed by atoms with Crippen LogP contribution in [0.2, 0.25) is 0 Å². The minimum atomic E-state index is -5.87. The second-order valence-corrected chi connectivity index (χ2v) is 11.1. The molecule has 1 aromatic rings. The third-order valence-electron chi connectivity index (χ3n) is 3.71. The van der Waals surface area contributed by atoms with Crippen LogP contribution in [-0.2, 0) is 31.6 Å². The summed E-state index contributed by atoms with van der Waals surface area (Å²) >= 11 is 4.73. The smallest absolute Gasteiger partial charge is 0.384 e. The van der Waals surface area contributed by atoms with E-state index < -0.39 is 59.6 Å². The van der Waals surface area contributed by atoms with Gasteiger partial charge in [0, 0.05) is 6.20 Å². The third-order valence-corrected chi connectivity index (χ3v) is 7.73. The first kappa shape index (κ1) is 26.6. The van der Waals surface area contributed by atoms with E-state index in [4.69, 9.17) is 31.6 Å². The van der Waals surface area contributed by atoms with Gasteiger partial charge in [0.2, 0.25) is 0 Å². The van der Waals surface area contributed by atoms with Gasteiger partial charge in [-0.25, -0.2) is 22.9 Å². The van der Waals surface area contributed by atoms with Gasteiger partial charge in [-0.1, -0.05) is 12.2 Å². The lowest BCUT2D eigenvalue weighted by Crippen LogP contribution is -2.49. The predicted molar refractivity (Wildman–Crippen MR) is 96.3 cm³/mol. The lowest BCUT2D eigenvalue weighted by atomic mass is 9.95. The number of aromatic nitrogens is 2. The molecule has 178 valence electrons. The maximum atomic E-state index is 15.1. The highest BCUT2D eigenvalue weighted by Crippen LogP contribution is 2.66. The van der Waals surface area contributed by atoms with E-state index in [-0.39, 0.29) is 4.64 Å². The van der Waals surface area contributed by atoms with Crippen LogP contribution in [-0.4, -0.2) is 63.5 Å². The number of H-pyrrole nitrogens is 1. The fraction of sp³-hybridized carbons (Fsp3) is 0.600. The summed E-state index contributed by atoms with van der Waals surface area (Å²) in [5.74, 6) is -3.48. The van der Waals surface area contributed by atoms with Gasteiger partial charge >= 0.3 is 29.2 Å². The van der Waals surface area contributed by atoms with E-state index in [0.717, 1.165) is 13.1 Å². The summed E-state index contributed by atoms with van der Waals surface area (Å²) in [6.07, 6.45) is -3.41. The van der Waals surface area contributed by atoms with Crippen molar-refractivity contribution in [2.45, 2.75) is 30.7 Å². The van der Waals surface area contributed by atoms with Crippen LogP contribution in [0.4, 0.5) is 4.39 Å². The summed E-state index contributed by atoms with van der Waals surface area (Å²) < 4.78 is 65.1. The van der Waals surface area contributed by atoms with Gasteiger partial charge in [-0.2, -0.15) is 8.62 Å². The molecule has 6 atom stereocenters. The Labute approximate surface area is 176 Å². The van der Waals surface area contributed by atoms with Crippen molar-refractivity contribution >= 4 is 35.7 Å². The number of rotatable bonds is 8. The van der Waals surface area contributed by atoms with Crippen LogP contribution < -0.4 is 5.69 Å². The number of ether oxygens (including phenoxy) is 1. The van der Waals surface area contributed by atoms with E-state index in [9.17, 15) is 33.6 Å². The van der Waals surface area contributed by atoms with Crippen LogP contribution in [0.3, 0.4) is 0 Å². The van der Waals surface area contributed by atoms with Gasteiger partial charge in [0.25, 0.3) is 5.85 Å². The summed E-state index contributed by atoms with van der Waals surface area (Å²) in [6.45, 7) is -0.857. The molecule has 1 aliphatic heterocycles. The molecule has 0 saturated carbocycles. The number of nitrogens with zero attached hydrogens (tertiary/aromatic N) is 1. The first-order valence-electron chi connectivity index (χ1n) is 7.65. The maximum absolute atomic E-state index is 15.1. The van der Waals surface area contributed by atoms with Gasteiger partial charge in [-0.05, 0) is 13.0 Å². The van der Waals surface area contributed by atoms with Crippen LogP contribution in [0.1, 0.15) is 13.2 Å². The summed E-state index contributed by atoms with van der Waals surface area (Å²) in [7, 11) is -17.3. The van der Waals surface area contributed by atoms with Crippen molar-refractivity contribution in [2.24, 2.45) is 0 Å². The Morgan fingerprint density at radius 3 is 2.35 bits per heavy atom. The monoisotopic (exact) mass is 532 g/mol. The molecule has 0 amide bonds. The van der Waals surface area contributed by atoms with Gasteiger partial charge in [0.1, 0.15) is 23.0 Å². The Bertz CT molecular complexity index is 1100. The first-order valence-corrected chi connectivity index (χ1v) is 12.6. The molecular formula is C10H16FN2O14P3S. The summed E-state index contributed by atoms with van der Waals surface area (Å²) in [5, 5.41) is 20.5. The van der Waals surface area contributed by atoms with E-state index in [2.05, 4.69) is 18.1 Å². The fourth-order valence-electron chi connectivity index (χ4n) is 2.48. The number of nitrogens with one attached hydrogen (secondary N) is 1. The number of phosphoric ester groups is 1. The van der Waals surface area contributed by atoms with Crippen LogP contribution in [0.25, 0.3) is 0 Å². The van der Waals surface area contributed by atoms with Gasteiger partial charge in [-0.3, -0.25) is 14.1 Å². The molecule has 31 heavy (non-hydrogen) atoms. The van der Waals surface area contributed by atoms with Crippen molar-refractivity contribution in [1.82, 2.24) is 9.55 Å². The second kappa shape index (κ2) is 8.59. The summed E-state index contributed by atoms with van der Waals surface area (Å²) in [5.41, 5.74) is -3.49. The zero-order chi connectivity index (χ0) is 24.0. The molecule has 2 rings (SSSR count). The molecular weight excluding hydrogens is 516 g/mol. The Balaban J connectivity index is 2.22. The number of alkyl halides is 1. The Kier molecular flexibility index (Phi) is 7.36. The standard InChI is InChI=1S/C10H16FN2O14P3S/c1-9(16)6(14)10(11,25-7(9)13-3-2-5(31)12-8(13)15)4-24-29(20,21)27-30(22,23)26-28(17,18)19/h2-3,6-7,14,16H,4H2,1H3,(H,20,21)(H,22,23)(H,12,15,31)(H2,17,18,19)/t6?,7-,9-,10-/m1/s1. The second-order valence-electron chi connectivity index (χ2n) is 6.27. The predicted octanol–water partition coefficient (Wildman–Crippen LogP) is -0.444. The number of hydrogen-bond acceptors (Lipinski definition) is 11. The van der Waals surface area contributed by atoms with Gasteiger partial charge in [0.15, 0.2) is 6.23 Å². The van der Waals surface area contributed by atoms with Crippen LogP contribution in [0.5, 0.6) is 0 Å². The number of aromatic amines is 1. The molecule has 1 fully saturated rings. The van der Waals surface area contributed by atoms with E-state index in [1.807, 2.05) is 0 Å². The van der Waals surface area contributed by atoms with Gasteiger partial charge in [-0.15, -0.1) is 0 Å². The largest absolute Gasteiger partial charge is 0.490 e. The molecule has 2 heterocycles. The van der Waals surface area contributed by atoms with E-state index in [1.165, 1.54) is 6.07 Å². The minimum absolute atomic E-state index is 0.0152. The molecule has 0 aromatic carbocycles. The van der Waals surface area contributed by atoms with E-state index in [1.54, 1.807) is 0 Å². The van der Waals surface area contributed by atoms with Crippen molar-refractivity contribution in [3.63, 3.8) is 0 Å². The van der Waals surface area contributed by atoms with Gasteiger partial charge in [0.05, 0.1) is 0 Å². The fourth-order valence-corrected chi connectivity index (χ4v) is 5.66. The van der Waals surface area contributed by atoms with Crippen molar-refractivity contribution < 1.29 is 65.8 Å². The quantitative estimate of drug-likeness (QED) is 0.166. The molecule has 1 aliphatic rings. The number of aliphatic hydroxyl groups excluding tert-OH is 1. The summed E-state index contributed by atoms with van der Waals surface area (Å²) in [6, 6.07) is 1.17. The Hall–Kier alpha value is -0.680. The molecule has 0 radical (unpaired) electrons. The first-order chi connectivity index (χ1) is 13.8. The van der Waals surface area contributed by atoms with Crippen LogP contribution in [0, 0.1) is 4.64 Å². The van der Waals surface area contributed by atoms with Gasteiger partial charge < -0.3 is 34.5 Å². The molecule has 3 unspecified atom stereocenters. The zero-order valence-electron chi connectivity index (χ0n) is 15.0. The Morgan fingerprint density at radius 1 is 1.26 bits per heavy atom. The molecule has 21 heteroatoms. The topological polar surface area (TPSA) is 247 Å². The Morgan fingerprint density at radius 2 is 1.84 bits per heavy atom. The lowest BCUT2D eigenvalue weighted by Gasteiger charge is -2.27. The molecule has 0 aliphatic carbocycles. The van der Waals surface area contributed by atoms with Crippen molar-refractivity contribution in [1.29, 1.82) is 0 Å². The average molecular weight is 532 g/mol. The lowest BCUT2D eigenvalue weighted by molar-refractivity contribution is -0.204. The number of halogens is 1. The average Bonchev–Trinajstić information content (AvgIpc) is 2.71. The van der Waals surface area contributed by atoms with Crippen LogP contribution >= 0.6 is 35.7 Å². The highest BCUT2D eigenvalue weighted by molar-refractivity contribution is 7.71. The normalized spacial score (nSPS) is 33.0. The molecule has 0 bridgehead atoms. The molecule has 1 saturated heterocycles. The minimum Gasteiger partial charge on any atom is -0.384 e. The van der Waals surface area contributed by atoms with E-state index in [0.29, 0.717) is 4.57 Å². The maximum Gasteiger partial charge on any atom is 0.490 e. The summed E-state index contributed by atoms with van der Waals surface area (Å²) in [4.78, 5) is 49.5. The number of hydrogen-bond donors (Lipinski definition) is 7. The van der Waals surface area contributed by atoms with E-state index >= 15 is 4.39 Å². The molecule has 16 nitrogen and oxygen atoms in total. The highest BCUT2D eigenvalue weighted by Gasteiger charge is 2.64. The molecule has 0 spiro atoms. The van der Waals surface area contributed by atoms with Crippen LogP contribution in [0.15, 0.2) is 17.1 Å². The molecule has 7 N–H and O–H groups in total. The highest BCUT2D eigenvalue weighted by atomic mass is 32.1. The third kappa shape index (κ3) is 6.43. The number of aliphatic hydroxyl groups is 2. The van der Waals surface area contributed by atoms with Crippen molar-refractivity contribution in [3.05, 3.63) is 27.4 Å². The van der Waals surface area contributed by atoms with Crippen molar-refractivity contribution in [3.8, 4) is 0 Å². The number of phosphoric acid groups is 3. The van der Waals surface area contributed by atoms with Crippen molar-refractivity contribution in [2.75, 3.05) is 6.61 Å². The molecule has 1 aromatic heterocycles.